The zero-order chi connectivity index (χ0) is 12.3. The van der Waals surface area contributed by atoms with Crippen molar-refractivity contribution in [1.82, 2.24) is 5.32 Å². The lowest BCUT2D eigenvalue weighted by molar-refractivity contribution is 0.199. The standard InChI is InChI=1S/C14H23NOS/c1-13(4-3-8-15-9-10-16-2)5-6-14-7-11-17-12-14/h4,7,11-12,15H,3,5-6,8-10H2,1-2H3. The lowest BCUT2D eigenvalue weighted by Crippen LogP contribution is -2.19. The number of methoxy groups -OCH3 is 1. The van der Waals surface area contributed by atoms with Gasteiger partial charge in [0.25, 0.3) is 0 Å². The molecule has 0 fully saturated rings. The summed E-state index contributed by atoms with van der Waals surface area (Å²) in [5.74, 6) is 0. The van der Waals surface area contributed by atoms with Crippen LogP contribution in [0.1, 0.15) is 25.3 Å². The second-order valence-electron chi connectivity index (χ2n) is 4.21. The average Bonchev–Trinajstić information content (AvgIpc) is 2.84. The number of ether oxygens (including phenoxy) is 1. The molecule has 1 N–H and O–H groups in total. The molecule has 0 saturated heterocycles. The van der Waals surface area contributed by atoms with Crippen LogP contribution in [0.5, 0.6) is 0 Å². The van der Waals surface area contributed by atoms with Crippen LogP contribution in [0, 0.1) is 0 Å². The summed E-state index contributed by atoms with van der Waals surface area (Å²) in [6, 6.07) is 2.21. The Morgan fingerprint density at radius 1 is 1.47 bits per heavy atom. The van der Waals surface area contributed by atoms with Gasteiger partial charge < -0.3 is 10.1 Å². The van der Waals surface area contributed by atoms with Crippen LogP contribution in [0.3, 0.4) is 0 Å². The molecule has 0 bridgehead atoms. The number of hydrogen-bond donors (Lipinski definition) is 1. The molecule has 17 heavy (non-hydrogen) atoms. The second kappa shape index (κ2) is 9.40. The first-order chi connectivity index (χ1) is 8.33. The van der Waals surface area contributed by atoms with Gasteiger partial charge in [0.2, 0.25) is 0 Å². The predicted molar refractivity (Wildman–Crippen MR) is 75.8 cm³/mol. The third-order valence-electron chi connectivity index (χ3n) is 2.68. The van der Waals surface area contributed by atoms with Crippen LogP contribution < -0.4 is 5.32 Å². The third kappa shape index (κ3) is 7.31. The van der Waals surface area contributed by atoms with E-state index in [1.54, 1.807) is 18.4 Å². The minimum atomic E-state index is 0.793. The van der Waals surface area contributed by atoms with Crippen LogP contribution >= 0.6 is 11.3 Å². The first kappa shape index (κ1) is 14.4. The fraction of sp³-hybridized carbons (Fsp3) is 0.571. The van der Waals surface area contributed by atoms with E-state index in [4.69, 9.17) is 4.74 Å². The summed E-state index contributed by atoms with van der Waals surface area (Å²) >= 11 is 1.78. The summed E-state index contributed by atoms with van der Waals surface area (Å²) in [5.41, 5.74) is 2.95. The van der Waals surface area contributed by atoms with Gasteiger partial charge in [0.1, 0.15) is 0 Å². The van der Waals surface area contributed by atoms with Crippen molar-refractivity contribution in [3.05, 3.63) is 34.0 Å². The van der Waals surface area contributed by atoms with Crippen molar-refractivity contribution in [2.24, 2.45) is 0 Å². The normalized spacial score (nSPS) is 12.0. The molecule has 2 nitrogen and oxygen atoms in total. The molecule has 0 aromatic carbocycles. The van der Waals surface area contributed by atoms with E-state index in [1.807, 2.05) is 0 Å². The van der Waals surface area contributed by atoms with Crippen molar-refractivity contribution in [3.63, 3.8) is 0 Å². The van der Waals surface area contributed by atoms with Crippen molar-refractivity contribution in [1.29, 1.82) is 0 Å². The number of thiophene rings is 1. The first-order valence-electron chi connectivity index (χ1n) is 6.19. The summed E-state index contributed by atoms with van der Waals surface area (Å²) in [5, 5.41) is 7.73. The topological polar surface area (TPSA) is 21.3 Å². The number of rotatable bonds is 9. The molecule has 0 aliphatic rings. The quantitative estimate of drug-likeness (QED) is 0.539. The maximum absolute atomic E-state index is 4.97. The van der Waals surface area contributed by atoms with Crippen molar-refractivity contribution in [2.75, 3.05) is 26.8 Å². The van der Waals surface area contributed by atoms with Crippen LogP contribution in [0.2, 0.25) is 0 Å². The van der Waals surface area contributed by atoms with Gasteiger partial charge in [-0.3, -0.25) is 0 Å². The van der Waals surface area contributed by atoms with E-state index < -0.39 is 0 Å². The Morgan fingerprint density at radius 3 is 3.06 bits per heavy atom. The molecule has 0 spiro atoms. The van der Waals surface area contributed by atoms with Crippen LogP contribution in [0.25, 0.3) is 0 Å². The molecule has 0 saturated carbocycles. The highest BCUT2D eigenvalue weighted by atomic mass is 32.1. The van der Waals surface area contributed by atoms with Crippen molar-refractivity contribution < 1.29 is 4.74 Å². The van der Waals surface area contributed by atoms with Crippen LogP contribution in [-0.4, -0.2) is 26.8 Å². The number of hydrogen-bond acceptors (Lipinski definition) is 3. The van der Waals surface area contributed by atoms with Gasteiger partial charge in [-0.1, -0.05) is 11.6 Å². The molecular weight excluding hydrogens is 230 g/mol. The van der Waals surface area contributed by atoms with Gasteiger partial charge in [-0.25, -0.2) is 0 Å². The van der Waals surface area contributed by atoms with Gasteiger partial charge in [0.05, 0.1) is 6.61 Å². The van der Waals surface area contributed by atoms with Crippen LogP contribution in [0.4, 0.5) is 0 Å². The highest BCUT2D eigenvalue weighted by Crippen LogP contribution is 2.12. The molecule has 1 rings (SSSR count). The Bertz CT molecular complexity index is 306. The Kier molecular flexibility index (Phi) is 7.97. The number of allylic oxidation sites excluding steroid dienone is 1. The molecule has 1 aromatic rings. The second-order valence-corrected chi connectivity index (χ2v) is 4.99. The molecule has 0 atom stereocenters. The molecule has 3 heteroatoms. The monoisotopic (exact) mass is 253 g/mol. The molecular formula is C14H23NOS. The molecule has 0 amide bonds. The predicted octanol–water partition coefficient (Wildman–Crippen LogP) is 3.25. The van der Waals surface area contributed by atoms with Gasteiger partial charge >= 0.3 is 0 Å². The Labute approximate surface area is 109 Å². The maximum Gasteiger partial charge on any atom is 0.0587 e. The zero-order valence-corrected chi connectivity index (χ0v) is 11.7. The minimum Gasteiger partial charge on any atom is -0.383 e. The highest BCUT2D eigenvalue weighted by molar-refractivity contribution is 7.07. The summed E-state index contributed by atoms with van der Waals surface area (Å²) in [6.07, 6.45) is 5.79. The maximum atomic E-state index is 4.97. The van der Waals surface area contributed by atoms with E-state index >= 15 is 0 Å². The van der Waals surface area contributed by atoms with Gasteiger partial charge in [0, 0.05) is 13.7 Å². The lowest BCUT2D eigenvalue weighted by atomic mass is 10.1. The van der Waals surface area contributed by atoms with Gasteiger partial charge in [0.15, 0.2) is 0 Å². The smallest absolute Gasteiger partial charge is 0.0587 e. The number of nitrogens with one attached hydrogen (secondary N) is 1. The zero-order valence-electron chi connectivity index (χ0n) is 10.9. The first-order valence-corrected chi connectivity index (χ1v) is 7.13. The summed E-state index contributed by atoms with van der Waals surface area (Å²) < 4.78 is 4.97. The van der Waals surface area contributed by atoms with Gasteiger partial charge in [-0.2, -0.15) is 11.3 Å². The molecule has 1 aromatic heterocycles. The van der Waals surface area contributed by atoms with Gasteiger partial charge in [-0.05, 0) is 55.1 Å². The fourth-order valence-corrected chi connectivity index (χ4v) is 2.30. The fourth-order valence-electron chi connectivity index (χ4n) is 1.60. The van der Waals surface area contributed by atoms with Crippen LogP contribution in [-0.2, 0) is 11.2 Å². The SMILES string of the molecule is COCCNCCC=C(C)CCc1ccsc1. The number of aryl methyl sites for hydroxylation is 1. The Balaban J connectivity index is 2.04. The molecule has 0 aliphatic heterocycles. The van der Waals surface area contributed by atoms with E-state index in [-0.39, 0.29) is 0 Å². The molecule has 0 aliphatic carbocycles. The van der Waals surface area contributed by atoms with Crippen molar-refractivity contribution >= 4 is 11.3 Å². The van der Waals surface area contributed by atoms with E-state index in [2.05, 4.69) is 35.1 Å². The Morgan fingerprint density at radius 2 is 2.35 bits per heavy atom. The highest BCUT2D eigenvalue weighted by Gasteiger charge is 1.94. The lowest BCUT2D eigenvalue weighted by Gasteiger charge is -2.03. The summed E-state index contributed by atoms with van der Waals surface area (Å²) in [7, 11) is 1.73. The average molecular weight is 253 g/mol. The van der Waals surface area contributed by atoms with E-state index in [0.717, 1.165) is 26.1 Å². The molecule has 1 heterocycles. The van der Waals surface area contributed by atoms with Crippen molar-refractivity contribution in [2.45, 2.75) is 26.2 Å². The van der Waals surface area contributed by atoms with Gasteiger partial charge in [-0.15, -0.1) is 0 Å². The minimum absolute atomic E-state index is 0.793. The Hall–Kier alpha value is -0.640. The summed E-state index contributed by atoms with van der Waals surface area (Å²) in [6.45, 7) is 5.00. The molecule has 0 unspecified atom stereocenters. The van der Waals surface area contributed by atoms with Crippen LogP contribution in [0.15, 0.2) is 28.5 Å². The van der Waals surface area contributed by atoms with Crippen molar-refractivity contribution in [3.8, 4) is 0 Å². The third-order valence-corrected chi connectivity index (χ3v) is 3.42. The molecule has 0 radical (unpaired) electrons. The largest absolute Gasteiger partial charge is 0.383 e. The van der Waals surface area contributed by atoms with E-state index in [0.29, 0.717) is 0 Å². The van der Waals surface area contributed by atoms with E-state index in [9.17, 15) is 0 Å². The summed E-state index contributed by atoms with van der Waals surface area (Å²) in [4.78, 5) is 0. The van der Waals surface area contributed by atoms with E-state index in [1.165, 1.54) is 24.0 Å². The molecule has 96 valence electrons.